The van der Waals surface area contributed by atoms with Crippen LogP contribution in [0, 0.1) is 17.8 Å². The number of carbonyl (C=O) groups is 1. The molecule has 0 heterocycles. The SMILES string of the molecule is CCC(C#Cc1ccc(C(=O)NCCOCCOCCOCCNC(C)C)cc1)CC.[HH].[HH]. The second-order valence-corrected chi connectivity index (χ2v) is 7.56. The van der Waals surface area contributed by atoms with Crippen LogP contribution < -0.4 is 10.6 Å². The van der Waals surface area contributed by atoms with E-state index < -0.39 is 0 Å². The fourth-order valence-electron chi connectivity index (χ4n) is 2.68. The molecule has 1 amide bonds. The highest BCUT2D eigenvalue weighted by molar-refractivity contribution is 5.94. The van der Waals surface area contributed by atoms with Gasteiger partial charge in [-0.05, 0) is 37.1 Å². The van der Waals surface area contributed by atoms with Gasteiger partial charge in [-0.25, -0.2) is 0 Å². The molecule has 0 radical (unpaired) electrons. The fourth-order valence-corrected chi connectivity index (χ4v) is 2.68. The second-order valence-electron chi connectivity index (χ2n) is 7.56. The predicted octanol–water partition coefficient (Wildman–Crippen LogP) is 3.74. The van der Waals surface area contributed by atoms with E-state index in [2.05, 4.69) is 50.2 Å². The molecule has 1 aromatic rings. The van der Waals surface area contributed by atoms with Gasteiger partial charge in [0.15, 0.2) is 0 Å². The van der Waals surface area contributed by atoms with Crippen LogP contribution >= 0.6 is 0 Å². The molecule has 2 N–H and O–H groups in total. The molecule has 0 saturated carbocycles. The van der Waals surface area contributed by atoms with Crippen LogP contribution in [-0.4, -0.2) is 64.7 Å². The van der Waals surface area contributed by atoms with E-state index in [0.717, 1.165) is 24.9 Å². The maximum atomic E-state index is 12.2. The highest BCUT2D eigenvalue weighted by atomic mass is 16.5. The van der Waals surface area contributed by atoms with Crippen molar-refractivity contribution in [1.29, 1.82) is 0 Å². The van der Waals surface area contributed by atoms with Crippen molar-refractivity contribution in [3.63, 3.8) is 0 Å². The number of rotatable bonds is 16. The number of hydrogen-bond acceptors (Lipinski definition) is 5. The Morgan fingerprint density at radius 2 is 1.45 bits per heavy atom. The number of carbonyl (C=O) groups excluding carboxylic acids is 1. The third-order valence-corrected chi connectivity index (χ3v) is 4.63. The molecule has 1 aromatic carbocycles. The van der Waals surface area contributed by atoms with Crippen molar-refractivity contribution in [1.82, 2.24) is 10.6 Å². The standard InChI is InChI=1S/C25H40N2O4.2H2/c1-5-22(6-2)7-8-23-9-11-24(12-10-23)25(28)27-14-16-30-18-20-31-19-17-29-15-13-26-21(3)4;;/h9-12,21-22,26H,5-6,13-20H2,1-4H3,(H,27,28);2*1H. The Labute approximate surface area is 191 Å². The summed E-state index contributed by atoms with van der Waals surface area (Å²) in [7, 11) is 0. The van der Waals surface area contributed by atoms with Crippen LogP contribution in [0.4, 0.5) is 0 Å². The van der Waals surface area contributed by atoms with Gasteiger partial charge >= 0.3 is 0 Å². The minimum Gasteiger partial charge on any atom is -0.378 e. The molecule has 0 aromatic heterocycles. The second kappa shape index (κ2) is 17.7. The molecular formula is C25H44N2O4. The Hall–Kier alpha value is -1.91. The summed E-state index contributed by atoms with van der Waals surface area (Å²) in [5, 5.41) is 6.15. The van der Waals surface area contributed by atoms with E-state index >= 15 is 0 Å². The van der Waals surface area contributed by atoms with Crippen molar-refractivity contribution in [2.75, 3.05) is 52.7 Å². The van der Waals surface area contributed by atoms with Crippen molar-refractivity contribution >= 4 is 5.91 Å². The van der Waals surface area contributed by atoms with Crippen LogP contribution in [0.5, 0.6) is 0 Å². The maximum absolute atomic E-state index is 12.2. The van der Waals surface area contributed by atoms with E-state index in [-0.39, 0.29) is 8.76 Å². The lowest BCUT2D eigenvalue weighted by atomic mass is 10.0. The number of ether oxygens (including phenoxy) is 3. The molecule has 31 heavy (non-hydrogen) atoms. The van der Waals surface area contributed by atoms with Crippen LogP contribution in [0.25, 0.3) is 0 Å². The molecule has 0 atom stereocenters. The molecule has 0 aliphatic rings. The van der Waals surface area contributed by atoms with Gasteiger partial charge in [0.05, 0.1) is 39.6 Å². The van der Waals surface area contributed by atoms with Crippen LogP contribution in [-0.2, 0) is 14.2 Å². The lowest BCUT2D eigenvalue weighted by Gasteiger charge is -2.09. The van der Waals surface area contributed by atoms with Crippen LogP contribution in [0.1, 0.15) is 59.3 Å². The summed E-state index contributed by atoms with van der Waals surface area (Å²) >= 11 is 0. The monoisotopic (exact) mass is 436 g/mol. The summed E-state index contributed by atoms with van der Waals surface area (Å²) in [4.78, 5) is 12.2. The van der Waals surface area contributed by atoms with Gasteiger partial charge in [-0.2, -0.15) is 0 Å². The van der Waals surface area contributed by atoms with Crippen molar-refractivity contribution < 1.29 is 21.9 Å². The third-order valence-electron chi connectivity index (χ3n) is 4.63. The van der Waals surface area contributed by atoms with Gasteiger partial charge in [-0.3, -0.25) is 4.79 Å². The summed E-state index contributed by atoms with van der Waals surface area (Å²) in [5.41, 5.74) is 1.56. The summed E-state index contributed by atoms with van der Waals surface area (Å²) in [6.07, 6.45) is 2.12. The summed E-state index contributed by atoms with van der Waals surface area (Å²) in [6.45, 7) is 13.1. The number of amides is 1. The average molecular weight is 437 g/mol. The molecule has 0 saturated heterocycles. The molecule has 0 unspecified atom stereocenters. The van der Waals surface area contributed by atoms with E-state index in [0.29, 0.717) is 63.7 Å². The van der Waals surface area contributed by atoms with Crippen LogP contribution in [0.2, 0.25) is 0 Å². The summed E-state index contributed by atoms with van der Waals surface area (Å²) < 4.78 is 16.4. The maximum Gasteiger partial charge on any atom is 0.251 e. The first-order valence-corrected chi connectivity index (χ1v) is 11.4. The molecule has 0 aliphatic heterocycles. The number of hydrogen-bond donors (Lipinski definition) is 2. The first-order chi connectivity index (χ1) is 15.1. The summed E-state index contributed by atoms with van der Waals surface area (Å²) in [5.74, 6) is 6.79. The van der Waals surface area contributed by atoms with Gasteiger partial charge in [-0.15, -0.1) is 0 Å². The quantitative estimate of drug-likeness (QED) is 0.305. The molecule has 6 heteroatoms. The Morgan fingerprint density at radius 1 is 0.903 bits per heavy atom. The Morgan fingerprint density at radius 3 is 2.00 bits per heavy atom. The molecule has 0 bridgehead atoms. The van der Waals surface area contributed by atoms with E-state index in [1.807, 2.05) is 24.3 Å². The zero-order chi connectivity index (χ0) is 22.7. The smallest absolute Gasteiger partial charge is 0.251 e. The van der Waals surface area contributed by atoms with Crippen molar-refractivity contribution in [2.24, 2.45) is 5.92 Å². The molecule has 178 valence electrons. The van der Waals surface area contributed by atoms with E-state index in [4.69, 9.17) is 14.2 Å². The van der Waals surface area contributed by atoms with Gasteiger partial charge < -0.3 is 24.8 Å². The highest BCUT2D eigenvalue weighted by Crippen LogP contribution is 2.07. The van der Waals surface area contributed by atoms with Crippen molar-refractivity contribution in [3.8, 4) is 11.8 Å². The van der Waals surface area contributed by atoms with Crippen molar-refractivity contribution in [2.45, 2.75) is 46.6 Å². The predicted molar refractivity (Wildman–Crippen MR) is 130 cm³/mol. The van der Waals surface area contributed by atoms with Gasteiger partial charge in [0.25, 0.3) is 5.91 Å². The first-order valence-electron chi connectivity index (χ1n) is 11.4. The third kappa shape index (κ3) is 13.9. The average Bonchev–Trinajstić information content (AvgIpc) is 2.77. The Kier molecular flexibility index (Phi) is 15.5. The zero-order valence-corrected chi connectivity index (χ0v) is 19.7. The lowest BCUT2D eigenvalue weighted by molar-refractivity contribution is 0.0155. The molecule has 6 nitrogen and oxygen atoms in total. The van der Waals surface area contributed by atoms with E-state index in [1.165, 1.54) is 0 Å². The van der Waals surface area contributed by atoms with E-state index in [9.17, 15) is 4.79 Å². The molecule has 0 spiro atoms. The first kappa shape index (κ1) is 27.1. The largest absolute Gasteiger partial charge is 0.378 e. The molecule has 0 aliphatic carbocycles. The number of benzene rings is 1. The molecule has 1 rings (SSSR count). The lowest BCUT2D eigenvalue weighted by Crippen LogP contribution is -2.27. The van der Waals surface area contributed by atoms with Crippen LogP contribution in [0.15, 0.2) is 24.3 Å². The number of nitrogens with one attached hydrogen (secondary N) is 2. The minimum absolute atomic E-state index is 0. The summed E-state index contributed by atoms with van der Waals surface area (Å²) in [6, 6.07) is 7.88. The molecule has 0 fully saturated rings. The van der Waals surface area contributed by atoms with Gasteiger partial charge in [0.2, 0.25) is 0 Å². The Balaban J connectivity index is 0. The van der Waals surface area contributed by atoms with E-state index in [1.54, 1.807) is 0 Å². The molecular weight excluding hydrogens is 392 g/mol. The topological polar surface area (TPSA) is 68.8 Å². The highest BCUT2D eigenvalue weighted by Gasteiger charge is 2.04. The fraction of sp³-hybridized carbons (Fsp3) is 0.640. The van der Waals surface area contributed by atoms with Gasteiger partial charge in [-0.1, -0.05) is 39.5 Å². The Bertz CT molecular complexity index is 657. The normalized spacial score (nSPS) is 10.9. The van der Waals surface area contributed by atoms with Crippen LogP contribution in [0.3, 0.4) is 0 Å². The van der Waals surface area contributed by atoms with Gasteiger partial charge in [0.1, 0.15) is 0 Å². The van der Waals surface area contributed by atoms with Gasteiger partial charge in [0, 0.05) is 39.0 Å². The van der Waals surface area contributed by atoms with Crippen molar-refractivity contribution in [3.05, 3.63) is 35.4 Å². The zero-order valence-electron chi connectivity index (χ0n) is 19.7. The minimum atomic E-state index is -0.108.